The van der Waals surface area contributed by atoms with Crippen LogP contribution in [-0.2, 0) is 21.4 Å². The van der Waals surface area contributed by atoms with Gasteiger partial charge < -0.3 is 14.8 Å². The molecular formula is C22H27NO3. The van der Waals surface area contributed by atoms with Crippen LogP contribution in [0.4, 0.5) is 0 Å². The molecule has 0 aromatic heterocycles. The summed E-state index contributed by atoms with van der Waals surface area (Å²) in [6.07, 6.45) is 2.23. The Balaban J connectivity index is 1.67. The molecule has 0 aliphatic carbocycles. The zero-order valence-electron chi connectivity index (χ0n) is 15.6. The van der Waals surface area contributed by atoms with Crippen LogP contribution in [0, 0.1) is 6.92 Å². The molecule has 3 rings (SSSR count). The lowest BCUT2D eigenvalue weighted by molar-refractivity contribution is -0.120. The third-order valence-electron chi connectivity index (χ3n) is 5.26. The Morgan fingerprint density at radius 3 is 2.35 bits per heavy atom. The first-order valence-corrected chi connectivity index (χ1v) is 9.16. The Labute approximate surface area is 155 Å². The van der Waals surface area contributed by atoms with E-state index in [4.69, 9.17) is 9.47 Å². The second kappa shape index (κ2) is 8.37. The van der Waals surface area contributed by atoms with Gasteiger partial charge in [-0.25, -0.2) is 0 Å². The van der Waals surface area contributed by atoms with Crippen LogP contribution >= 0.6 is 0 Å². The molecular weight excluding hydrogens is 326 g/mol. The van der Waals surface area contributed by atoms with Gasteiger partial charge >= 0.3 is 0 Å². The summed E-state index contributed by atoms with van der Waals surface area (Å²) >= 11 is 0. The summed E-state index contributed by atoms with van der Waals surface area (Å²) in [6, 6.07) is 16.3. The molecule has 0 saturated carbocycles. The van der Waals surface area contributed by atoms with E-state index in [0.29, 0.717) is 13.0 Å². The van der Waals surface area contributed by atoms with Crippen LogP contribution in [0.15, 0.2) is 48.5 Å². The lowest BCUT2D eigenvalue weighted by Gasteiger charge is -2.38. The number of carbonyl (C=O) groups is 1. The van der Waals surface area contributed by atoms with Gasteiger partial charge in [-0.3, -0.25) is 4.79 Å². The van der Waals surface area contributed by atoms with Gasteiger partial charge in [-0.15, -0.1) is 0 Å². The second-order valence-electron chi connectivity index (χ2n) is 7.06. The van der Waals surface area contributed by atoms with E-state index in [-0.39, 0.29) is 11.3 Å². The molecule has 0 radical (unpaired) electrons. The van der Waals surface area contributed by atoms with Gasteiger partial charge in [0.2, 0.25) is 5.91 Å². The first kappa shape index (κ1) is 18.5. The summed E-state index contributed by atoms with van der Waals surface area (Å²) in [5.74, 6) is 0.910. The Hall–Kier alpha value is -2.33. The van der Waals surface area contributed by atoms with Gasteiger partial charge in [0, 0.05) is 25.2 Å². The summed E-state index contributed by atoms with van der Waals surface area (Å²) in [4.78, 5) is 12.5. The van der Waals surface area contributed by atoms with E-state index >= 15 is 0 Å². The van der Waals surface area contributed by atoms with Crippen molar-refractivity contribution in [3.63, 3.8) is 0 Å². The smallest absolute Gasteiger partial charge is 0.224 e. The third-order valence-corrected chi connectivity index (χ3v) is 5.26. The standard InChI is InChI=1S/C22H27NO3/c1-17-3-5-18(6-4-17)15-21(24)23-16-22(11-13-26-14-12-22)19-7-9-20(25-2)10-8-19/h3-10H,11-16H2,1-2H3,(H,23,24). The van der Waals surface area contributed by atoms with Crippen molar-refractivity contribution in [2.75, 3.05) is 26.9 Å². The average molecular weight is 353 g/mol. The third kappa shape index (κ3) is 4.44. The van der Waals surface area contributed by atoms with Gasteiger partial charge in [0.05, 0.1) is 13.5 Å². The minimum Gasteiger partial charge on any atom is -0.497 e. The molecule has 1 amide bonds. The fourth-order valence-corrected chi connectivity index (χ4v) is 3.50. The normalized spacial score (nSPS) is 16.1. The number of rotatable bonds is 6. The van der Waals surface area contributed by atoms with Crippen molar-refractivity contribution in [1.29, 1.82) is 0 Å². The van der Waals surface area contributed by atoms with Crippen LogP contribution in [0.5, 0.6) is 5.75 Å². The predicted octanol–water partition coefficient (Wildman–Crippen LogP) is 3.41. The monoisotopic (exact) mass is 353 g/mol. The van der Waals surface area contributed by atoms with Crippen LogP contribution < -0.4 is 10.1 Å². The molecule has 4 nitrogen and oxygen atoms in total. The summed E-state index contributed by atoms with van der Waals surface area (Å²) in [7, 11) is 1.67. The number of amides is 1. The highest BCUT2D eigenvalue weighted by Gasteiger charge is 2.34. The average Bonchev–Trinajstić information content (AvgIpc) is 2.69. The largest absolute Gasteiger partial charge is 0.497 e. The number of nitrogens with one attached hydrogen (secondary N) is 1. The van der Waals surface area contributed by atoms with Gasteiger partial charge in [-0.2, -0.15) is 0 Å². The highest BCUT2D eigenvalue weighted by Crippen LogP contribution is 2.35. The molecule has 1 aliphatic heterocycles. The maximum Gasteiger partial charge on any atom is 0.224 e. The summed E-state index contributed by atoms with van der Waals surface area (Å²) < 4.78 is 10.8. The molecule has 0 bridgehead atoms. The molecule has 1 N–H and O–H groups in total. The number of methoxy groups -OCH3 is 1. The number of hydrogen-bond acceptors (Lipinski definition) is 3. The van der Waals surface area contributed by atoms with Crippen LogP contribution in [0.2, 0.25) is 0 Å². The Kier molecular flexibility index (Phi) is 5.94. The molecule has 1 heterocycles. The molecule has 0 atom stereocenters. The van der Waals surface area contributed by atoms with Crippen molar-refractivity contribution in [3.05, 3.63) is 65.2 Å². The van der Waals surface area contributed by atoms with Crippen LogP contribution in [-0.4, -0.2) is 32.8 Å². The zero-order valence-corrected chi connectivity index (χ0v) is 15.6. The summed E-state index contributed by atoms with van der Waals surface area (Å²) in [5.41, 5.74) is 3.40. The molecule has 26 heavy (non-hydrogen) atoms. The maximum atomic E-state index is 12.5. The van der Waals surface area contributed by atoms with Gasteiger partial charge in [0.25, 0.3) is 0 Å². The van der Waals surface area contributed by atoms with Gasteiger partial charge in [0.15, 0.2) is 0 Å². The lowest BCUT2D eigenvalue weighted by atomic mass is 9.74. The van der Waals surface area contributed by atoms with Gasteiger partial charge in [-0.1, -0.05) is 42.0 Å². The number of ether oxygens (including phenoxy) is 2. The van der Waals surface area contributed by atoms with E-state index in [0.717, 1.165) is 37.4 Å². The quantitative estimate of drug-likeness (QED) is 0.866. The number of aryl methyl sites for hydroxylation is 1. The van der Waals surface area contributed by atoms with Crippen LogP contribution in [0.25, 0.3) is 0 Å². The molecule has 2 aromatic carbocycles. The Morgan fingerprint density at radius 1 is 1.08 bits per heavy atom. The number of benzene rings is 2. The van der Waals surface area contributed by atoms with E-state index < -0.39 is 0 Å². The number of carbonyl (C=O) groups excluding carboxylic acids is 1. The lowest BCUT2D eigenvalue weighted by Crippen LogP contribution is -2.45. The summed E-state index contributed by atoms with van der Waals surface area (Å²) in [6.45, 7) is 4.13. The molecule has 1 fully saturated rings. The van der Waals surface area contributed by atoms with E-state index in [9.17, 15) is 4.79 Å². The second-order valence-corrected chi connectivity index (χ2v) is 7.06. The Bertz CT molecular complexity index is 716. The van der Waals surface area contributed by atoms with Gasteiger partial charge in [0.1, 0.15) is 5.75 Å². The maximum absolute atomic E-state index is 12.5. The van der Waals surface area contributed by atoms with Crippen molar-refractivity contribution in [2.24, 2.45) is 0 Å². The van der Waals surface area contributed by atoms with E-state index in [1.165, 1.54) is 11.1 Å². The molecule has 2 aromatic rings. The molecule has 0 spiro atoms. The van der Waals surface area contributed by atoms with Crippen molar-refractivity contribution < 1.29 is 14.3 Å². The fraction of sp³-hybridized carbons (Fsp3) is 0.409. The predicted molar refractivity (Wildman–Crippen MR) is 103 cm³/mol. The van der Waals surface area contributed by atoms with E-state index in [1.807, 2.05) is 43.3 Å². The van der Waals surface area contributed by atoms with Crippen molar-refractivity contribution in [2.45, 2.75) is 31.6 Å². The minimum atomic E-state index is -0.0759. The number of hydrogen-bond donors (Lipinski definition) is 1. The minimum absolute atomic E-state index is 0.0632. The molecule has 1 aliphatic rings. The Morgan fingerprint density at radius 2 is 1.73 bits per heavy atom. The highest BCUT2D eigenvalue weighted by atomic mass is 16.5. The van der Waals surface area contributed by atoms with Gasteiger partial charge in [-0.05, 0) is 43.0 Å². The molecule has 138 valence electrons. The molecule has 4 heteroatoms. The molecule has 0 unspecified atom stereocenters. The summed E-state index contributed by atoms with van der Waals surface area (Å²) in [5, 5.41) is 3.16. The van der Waals surface area contributed by atoms with Crippen molar-refractivity contribution in [1.82, 2.24) is 5.32 Å². The highest BCUT2D eigenvalue weighted by molar-refractivity contribution is 5.78. The van der Waals surface area contributed by atoms with E-state index in [1.54, 1.807) is 7.11 Å². The first-order valence-electron chi connectivity index (χ1n) is 9.16. The first-order chi connectivity index (χ1) is 12.6. The zero-order chi connectivity index (χ0) is 18.4. The van der Waals surface area contributed by atoms with Crippen LogP contribution in [0.3, 0.4) is 0 Å². The molecule has 1 saturated heterocycles. The van der Waals surface area contributed by atoms with E-state index in [2.05, 4.69) is 17.4 Å². The van der Waals surface area contributed by atoms with Crippen molar-refractivity contribution in [3.8, 4) is 5.75 Å². The fourth-order valence-electron chi connectivity index (χ4n) is 3.50. The topological polar surface area (TPSA) is 47.6 Å². The van der Waals surface area contributed by atoms with Crippen molar-refractivity contribution >= 4 is 5.91 Å². The SMILES string of the molecule is COc1ccc(C2(CNC(=O)Cc3ccc(C)cc3)CCOCC2)cc1. The van der Waals surface area contributed by atoms with Crippen LogP contribution in [0.1, 0.15) is 29.5 Å².